The number of ketones is 1. The van der Waals surface area contributed by atoms with Crippen molar-refractivity contribution < 1.29 is 27.9 Å². The summed E-state index contributed by atoms with van der Waals surface area (Å²) in [7, 11) is -4.08. The predicted molar refractivity (Wildman–Crippen MR) is 139 cm³/mol. The second kappa shape index (κ2) is 10.7. The molecule has 2 fully saturated rings. The molecule has 0 unspecified atom stereocenters. The molecule has 0 saturated heterocycles. The minimum Gasteiger partial charge on any atom is -0.480 e. The molecule has 1 aromatic heterocycles. The van der Waals surface area contributed by atoms with E-state index in [1.54, 1.807) is 0 Å². The van der Waals surface area contributed by atoms with E-state index in [2.05, 4.69) is 26.4 Å². The number of aryl methyl sites for hydroxylation is 2. The number of amides is 1. The minimum atomic E-state index is -4.08. The number of aromatic nitrogens is 1. The molecule has 4 rings (SSSR count). The number of hydrogen-bond donors (Lipinski definition) is 4. The van der Waals surface area contributed by atoms with Crippen LogP contribution in [0.3, 0.4) is 0 Å². The van der Waals surface area contributed by atoms with Crippen LogP contribution in [0.5, 0.6) is 0 Å². The van der Waals surface area contributed by atoms with Crippen LogP contribution in [0, 0.1) is 16.7 Å². The van der Waals surface area contributed by atoms with E-state index in [4.69, 9.17) is 0 Å². The van der Waals surface area contributed by atoms with Gasteiger partial charge in [0.25, 0.3) is 0 Å². The van der Waals surface area contributed by atoms with Crippen LogP contribution in [0.25, 0.3) is 0 Å². The van der Waals surface area contributed by atoms with Crippen LogP contribution < -0.4 is 15.4 Å². The number of Topliss-reactive ketones (excluding diaryl/α,β-unsaturated/α-hetero) is 1. The average Bonchev–Trinajstić information content (AvgIpc) is 3.18. The van der Waals surface area contributed by atoms with E-state index in [0.29, 0.717) is 19.3 Å². The molecule has 2 heterocycles. The van der Waals surface area contributed by atoms with Crippen LogP contribution in [-0.2, 0) is 37.2 Å². The first-order valence-corrected chi connectivity index (χ1v) is 14.8. The van der Waals surface area contributed by atoms with Crippen molar-refractivity contribution in [1.29, 1.82) is 0 Å². The lowest BCUT2D eigenvalue weighted by atomic mass is 9.70. The maximum atomic E-state index is 12.9. The van der Waals surface area contributed by atoms with Crippen molar-refractivity contribution in [3.8, 4) is 0 Å². The van der Waals surface area contributed by atoms with E-state index in [-0.39, 0.29) is 30.6 Å². The Labute approximate surface area is 218 Å². The molecule has 11 heteroatoms. The highest BCUT2D eigenvalue weighted by atomic mass is 32.2. The van der Waals surface area contributed by atoms with Gasteiger partial charge in [0.15, 0.2) is 0 Å². The zero-order valence-corrected chi connectivity index (χ0v) is 22.5. The molecule has 1 aromatic rings. The fraction of sp³-hybridized carbons (Fsp3) is 0.692. The van der Waals surface area contributed by atoms with Crippen LogP contribution in [0.2, 0.25) is 0 Å². The molecule has 2 bridgehead atoms. The van der Waals surface area contributed by atoms with Gasteiger partial charge in [0.2, 0.25) is 15.9 Å². The Morgan fingerprint density at radius 3 is 2.73 bits per heavy atom. The first-order valence-electron chi connectivity index (χ1n) is 13.2. The molecule has 1 aliphatic heterocycles. The monoisotopic (exact) mass is 534 g/mol. The summed E-state index contributed by atoms with van der Waals surface area (Å²) in [5.41, 5.74) is 0.755. The summed E-state index contributed by atoms with van der Waals surface area (Å²) >= 11 is 0. The van der Waals surface area contributed by atoms with E-state index in [1.165, 1.54) is 5.56 Å². The van der Waals surface area contributed by atoms with Gasteiger partial charge in [-0.3, -0.25) is 14.4 Å². The molecule has 4 N–H and O–H groups in total. The molecule has 2 aliphatic carbocycles. The maximum Gasteiger partial charge on any atom is 0.323 e. The van der Waals surface area contributed by atoms with E-state index in [0.717, 1.165) is 50.2 Å². The van der Waals surface area contributed by atoms with Gasteiger partial charge in [0.1, 0.15) is 17.6 Å². The van der Waals surface area contributed by atoms with E-state index in [9.17, 15) is 27.9 Å². The summed E-state index contributed by atoms with van der Waals surface area (Å²) in [5.74, 6) is -1.10. The first-order chi connectivity index (χ1) is 17.4. The standard InChI is InChI=1S/C26H38N4O6S/c1-25(2)18-11-12-26(25,21(31)14-18)16-37(35,36)30-20(24(33)34)15-28-22(32)8-4-3-7-19-10-9-17-6-5-13-27-23(17)29-19/h9-10,18,20,30H,3-8,11-16H2,1-2H3,(H,27,29)(H,28,32)(H,33,34)/t18-,20+,26-/m1/s1. The molecular weight excluding hydrogens is 496 g/mol. The van der Waals surface area contributed by atoms with Gasteiger partial charge in [0.05, 0.1) is 5.75 Å². The topological polar surface area (TPSA) is 155 Å². The van der Waals surface area contributed by atoms with Gasteiger partial charge in [-0.1, -0.05) is 19.9 Å². The summed E-state index contributed by atoms with van der Waals surface area (Å²) in [5, 5.41) is 15.4. The van der Waals surface area contributed by atoms with Crippen molar-refractivity contribution in [2.75, 3.05) is 24.2 Å². The number of carboxylic acid groups (broad SMARTS) is 1. The van der Waals surface area contributed by atoms with Crippen molar-refractivity contribution in [3.05, 3.63) is 23.4 Å². The third-order valence-electron chi connectivity index (χ3n) is 8.74. The molecule has 3 atom stereocenters. The highest BCUT2D eigenvalue weighted by molar-refractivity contribution is 7.89. The lowest BCUT2D eigenvalue weighted by molar-refractivity contribution is -0.139. The van der Waals surface area contributed by atoms with Gasteiger partial charge < -0.3 is 15.7 Å². The lowest BCUT2D eigenvalue weighted by Crippen LogP contribution is -2.52. The third kappa shape index (κ3) is 5.82. The number of carboxylic acids is 1. The van der Waals surface area contributed by atoms with Crippen LogP contribution in [0.15, 0.2) is 12.1 Å². The Kier molecular flexibility index (Phi) is 7.94. The SMILES string of the molecule is CC1(C)[C@@H]2CC[C@@]1(CS(=O)(=O)N[C@@H](CNC(=O)CCCCc1ccc3c(n1)NCCC3)C(=O)O)C(=O)C2. The summed E-state index contributed by atoms with van der Waals surface area (Å²) in [6, 6.07) is 2.60. The Morgan fingerprint density at radius 2 is 2.05 bits per heavy atom. The zero-order chi connectivity index (χ0) is 26.8. The van der Waals surface area contributed by atoms with Gasteiger partial charge in [0, 0.05) is 37.0 Å². The molecule has 204 valence electrons. The summed E-state index contributed by atoms with van der Waals surface area (Å²) in [4.78, 5) is 41.4. The number of pyridine rings is 1. The van der Waals surface area contributed by atoms with E-state index in [1.807, 2.05) is 19.9 Å². The number of fused-ring (bicyclic) bond motifs is 3. The highest BCUT2D eigenvalue weighted by Gasteiger charge is 2.65. The molecule has 37 heavy (non-hydrogen) atoms. The van der Waals surface area contributed by atoms with Crippen molar-refractivity contribution in [2.45, 2.75) is 77.7 Å². The molecular formula is C26H38N4O6S. The normalized spacial score (nSPS) is 24.8. The maximum absolute atomic E-state index is 12.9. The lowest BCUT2D eigenvalue weighted by Gasteiger charge is -2.36. The molecule has 0 aromatic carbocycles. The Hall–Kier alpha value is -2.53. The Bertz CT molecular complexity index is 1170. The predicted octanol–water partition coefficient (Wildman–Crippen LogP) is 2.04. The smallest absolute Gasteiger partial charge is 0.323 e. The van der Waals surface area contributed by atoms with Crippen LogP contribution >= 0.6 is 0 Å². The molecule has 1 amide bonds. The minimum absolute atomic E-state index is 0.0545. The number of sulfonamides is 1. The second-order valence-corrected chi connectivity index (χ2v) is 13.0. The van der Waals surface area contributed by atoms with E-state index < -0.39 is 38.6 Å². The number of nitrogens with zero attached hydrogens (tertiary/aromatic N) is 1. The number of rotatable bonds is 12. The van der Waals surface area contributed by atoms with E-state index >= 15 is 0 Å². The quantitative estimate of drug-likeness (QED) is 0.297. The first kappa shape index (κ1) is 27.5. The third-order valence-corrected chi connectivity index (χ3v) is 10.3. The summed E-state index contributed by atoms with van der Waals surface area (Å²) in [6.45, 7) is 4.42. The number of hydrogen-bond acceptors (Lipinski definition) is 7. The molecule has 3 aliphatic rings. The van der Waals surface area contributed by atoms with Crippen molar-refractivity contribution >= 4 is 33.5 Å². The fourth-order valence-corrected chi connectivity index (χ4v) is 8.30. The van der Waals surface area contributed by atoms with Crippen molar-refractivity contribution in [3.63, 3.8) is 0 Å². The summed E-state index contributed by atoms with van der Waals surface area (Å²) in [6.07, 6.45) is 6.09. The van der Waals surface area contributed by atoms with Crippen molar-refractivity contribution in [1.82, 2.24) is 15.0 Å². The number of carbonyl (C=O) groups is 3. The molecule has 2 saturated carbocycles. The fourth-order valence-electron chi connectivity index (χ4n) is 6.27. The summed E-state index contributed by atoms with van der Waals surface area (Å²) < 4.78 is 28.1. The van der Waals surface area contributed by atoms with Crippen molar-refractivity contribution in [2.24, 2.45) is 16.7 Å². The Morgan fingerprint density at radius 1 is 1.27 bits per heavy atom. The van der Waals surface area contributed by atoms with Gasteiger partial charge in [-0.2, -0.15) is 4.72 Å². The largest absolute Gasteiger partial charge is 0.480 e. The van der Waals surface area contributed by atoms with Gasteiger partial charge >= 0.3 is 5.97 Å². The zero-order valence-electron chi connectivity index (χ0n) is 21.6. The van der Waals surface area contributed by atoms with Gasteiger partial charge in [-0.15, -0.1) is 0 Å². The van der Waals surface area contributed by atoms with Crippen LogP contribution in [0.4, 0.5) is 5.82 Å². The molecule has 0 radical (unpaired) electrons. The van der Waals surface area contributed by atoms with Crippen LogP contribution in [0.1, 0.15) is 70.1 Å². The van der Waals surface area contributed by atoms with Gasteiger partial charge in [-0.25, -0.2) is 13.4 Å². The molecule has 10 nitrogen and oxygen atoms in total. The highest BCUT2D eigenvalue weighted by Crippen LogP contribution is 2.64. The number of carbonyl (C=O) groups excluding carboxylic acids is 2. The number of unbranched alkanes of at least 4 members (excludes halogenated alkanes) is 1. The second-order valence-electron chi connectivity index (χ2n) is 11.3. The number of anilines is 1. The average molecular weight is 535 g/mol. The van der Waals surface area contributed by atoms with Crippen LogP contribution in [-0.4, -0.2) is 61.1 Å². The molecule has 0 spiro atoms. The Balaban J connectivity index is 1.23. The number of nitrogens with one attached hydrogen (secondary N) is 3. The number of aliphatic carboxylic acids is 1. The van der Waals surface area contributed by atoms with Gasteiger partial charge in [-0.05, 0) is 67.9 Å².